The molecular weight excluding hydrogens is 427 g/mol. The van der Waals surface area contributed by atoms with Gasteiger partial charge >= 0.3 is 0 Å². The summed E-state index contributed by atoms with van der Waals surface area (Å²) < 4.78 is 42.2. The molecule has 2 aliphatic rings. The van der Waals surface area contributed by atoms with Crippen molar-refractivity contribution in [3.8, 4) is 5.75 Å². The fraction of sp³-hybridized carbons (Fsp3) is 0.409. The highest BCUT2D eigenvalue weighted by Gasteiger charge is 2.41. The molecule has 4 rings (SSSR count). The Morgan fingerprint density at radius 3 is 2.47 bits per heavy atom. The number of carbonyl (C=O) groups is 2. The molecule has 1 aromatic carbocycles. The monoisotopic (exact) mass is 449 g/mol. The summed E-state index contributed by atoms with van der Waals surface area (Å²) in [6.07, 6.45) is 2.80. The summed E-state index contributed by atoms with van der Waals surface area (Å²) in [5, 5.41) is 12.8. The van der Waals surface area contributed by atoms with E-state index in [1.165, 1.54) is 10.8 Å². The predicted molar refractivity (Wildman–Crippen MR) is 108 cm³/mol. The number of hydrogen-bond donors (Lipinski definition) is 2. The number of aromatic nitrogens is 1. The van der Waals surface area contributed by atoms with E-state index in [0.29, 0.717) is 18.7 Å². The van der Waals surface area contributed by atoms with E-state index in [9.17, 15) is 32.7 Å². The van der Waals surface area contributed by atoms with Crippen LogP contribution >= 0.6 is 0 Å². The first-order valence-corrected chi connectivity index (χ1v) is 10.3. The highest BCUT2D eigenvalue weighted by molar-refractivity contribution is 5.99. The van der Waals surface area contributed by atoms with Crippen LogP contribution in [-0.4, -0.2) is 39.0 Å². The summed E-state index contributed by atoms with van der Waals surface area (Å²) in [4.78, 5) is 40.0. The maximum atomic E-state index is 13.8. The van der Waals surface area contributed by atoms with Gasteiger partial charge in [0, 0.05) is 43.0 Å². The molecule has 1 saturated heterocycles. The van der Waals surface area contributed by atoms with Gasteiger partial charge < -0.3 is 19.9 Å². The first kappa shape index (κ1) is 21.9. The van der Waals surface area contributed by atoms with Gasteiger partial charge in [-0.2, -0.15) is 0 Å². The Bertz CT molecular complexity index is 1160. The molecule has 2 aromatic rings. The summed E-state index contributed by atoms with van der Waals surface area (Å²) in [6.45, 7) is 3.65. The molecule has 0 aliphatic carbocycles. The van der Waals surface area contributed by atoms with Crippen molar-refractivity contribution in [2.24, 2.45) is 5.92 Å². The molecule has 32 heavy (non-hydrogen) atoms. The molecule has 1 aromatic heterocycles. The van der Waals surface area contributed by atoms with Crippen LogP contribution in [0.5, 0.6) is 5.75 Å². The molecule has 3 heterocycles. The van der Waals surface area contributed by atoms with Gasteiger partial charge in [-0.15, -0.1) is 0 Å². The highest BCUT2D eigenvalue weighted by Crippen LogP contribution is 2.37. The minimum atomic E-state index is -1.18. The van der Waals surface area contributed by atoms with E-state index in [1.807, 2.05) is 13.8 Å². The number of nitrogens with one attached hydrogen (secondary N) is 1. The van der Waals surface area contributed by atoms with E-state index >= 15 is 0 Å². The number of fused-ring (bicyclic) bond motifs is 4. The number of hydrogen-bond acceptors (Lipinski definition) is 4. The molecule has 2 N–H and O–H groups in total. The molecule has 1 fully saturated rings. The number of aromatic hydroxyl groups is 1. The molecule has 10 heteroatoms. The Morgan fingerprint density at radius 1 is 1.16 bits per heavy atom. The van der Waals surface area contributed by atoms with Crippen molar-refractivity contribution in [2.75, 3.05) is 6.54 Å². The van der Waals surface area contributed by atoms with Gasteiger partial charge in [0.05, 0.1) is 6.04 Å². The maximum absolute atomic E-state index is 13.8. The second-order valence-electron chi connectivity index (χ2n) is 8.44. The van der Waals surface area contributed by atoms with Gasteiger partial charge in [0.25, 0.3) is 11.8 Å². The van der Waals surface area contributed by atoms with Gasteiger partial charge in [-0.25, -0.2) is 13.2 Å². The molecule has 2 bridgehead atoms. The quantitative estimate of drug-likeness (QED) is 0.754. The summed E-state index contributed by atoms with van der Waals surface area (Å²) >= 11 is 0. The van der Waals surface area contributed by atoms with E-state index < -0.39 is 58.1 Å². The minimum Gasteiger partial charge on any atom is -0.503 e. The molecule has 7 nitrogen and oxygen atoms in total. The van der Waals surface area contributed by atoms with E-state index in [-0.39, 0.29) is 23.7 Å². The van der Waals surface area contributed by atoms with Crippen LogP contribution in [0.3, 0.4) is 0 Å². The zero-order chi connectivity index (χ0) is 23.3. The van der Waals surface area contributed by atoms with Crippen LogP contribution in [-0.2, 0) is 6.54 Å². The van der Waals surface area contributed by atoms with Crippen molar-refractivity contribution < 1.29 is 27.9 Å². The average molecular weight is 449 g/mol. The fourth-order valence-electron chi connectivity index (χ4n) is 4.45. The van der Waals surface area contributed by atoms with Gasteiger partial charge in [-0.3, -0.25) is 14.4 Å². The van der Waals surface area contributed by atoms with Crippen LogP contribution in [0.15, 0.2) is 23.1 Å². The third kappa shape index (κ3) is 3.53. The predicted octanol–water partition coefficient (Wildman–Crippen LogP) is 2.72. The van der Waals surface area contributed by atoms with Gasteiger partial charge in [0.1, 0.15) is 23.0 Å². The minimum absolute atomic E-state index is 0.0540. The van der Waals surface area contributed by atoms with Gasteiger partial charge in [0.15, 0.2) is 11.4 Å². The third-order valence-electron chi connectivity index (χ3n) is 6.42. The molecule has 2 amide bonds. The molecule has 0 spiro atoms. The number of nitrogens with zero attached hydrogens (tertiary/aromatic N) is 2. The van der Waals surface area contributed by atoms with E-state index in [4.69, 9.17) is 0 Å². The number of amides is 2. The molecular formula is C22H22F3N3O4. The van der Waals surface area contributed by atoms with Crippen molar-refractivity contribution in [2.45, 2.75) is 45.3 Å². The number of halogens is 3. The number of rotatable bonds is 3. The largest absolute Gasteiger partial charge is 0.503 e. The lowest BCUT2D eigenvalue weighted by molar-refractivity contribution is 0.0591. The summed E-state index contributed by atoms with van der Waals surface area (Å²) in [6, 6.07) is 0.658. The summed E-state index contributed by atoms with van der Waals surface area (Å²) in [7, 11) is 0. The smallest absolute Gasteiger partial charge is 0.274 e. The first-order chi connectivity index (χ1) is 15.1. The van der Waals surface area contributed by atoms with E-state index in [1.54, 1.807) is 4.90 Å². The Kier molecular flexibility index (Phi) is 5.47. The lowest BCUT2D eigenvalue weighted by Crippen LogP contribution is -2.48. The highest BCUT2D eigenvalue weighted by atomic mass is 19.1. The van der Waals surface area contributed by atoms with E-state index in [2.05, 4.69) is 5.32 Å². The van der Waals surface area contributed by atoms with Crippen LogP contribution in [0, 0.1) is 23.4 Å². The lowest BCUT2D eigenvalue weighted by Gasteiger charge is -2.38. The Labute approximate surface area is 181 Å². The molecule has 170 valence electrons. The van der Waals surface area contributed by atoms with Gasteiger partial charge in [-0.05, 0) is 25.7 Å². The number of benzene rings is 1. The summed E-state index contributed by atoms with van der Waals surface area (Å²) in [5.74, 6) is -5.65. The maximum Gasteiger partial charge on any atom is 0.274 e. The topological polar surface area (TPSA) is 91.6 Å². The van der Waals surface area contributed by atoms with Crippen molar-refractivity contribution in [3.05, 3.63) is 62.8 Å². The molecule has 0 unspecified atom stereocenters. The van der Waals surface area contributed by atoms with Crippen molar-refractivity contribution in [3.63, 3.8) is 0 Å². The Hall–Kier alpha value is -3.30. The fourth-order valence-corrected chi connectivity index (χ4v) is 4.45. The summed E-state index contributed by atoms with van der Waals surface area (Å²) in [5.41, 5.74) is -2.25. The van der Waals surface area contributed by atoms with E-state index in [0.717, 1.165) is 12.8 Å². The number of carbonyl (C=O) groups excluding carboxylic acids is 2. The average Bonchev–Trinajstić information content (AvgIpc) is 2.85. The second kappa shape index (κ2) is 7.99. The lowest BCUT2D eigenvalue weighted by atomic mass is 9.95. The third-order valence-corrected chi connectivity index (χ3v) is 6.42. The normalized spacial score (nSPS) is 22.3. The molecule has 3 atom stereocenters. The number of pyridine rings is 1. The molecule has 0 radical (unpaired) electrons. The molecule has 2 aliphatic heterocycles. The van der Waals surface area contributed by atoms with Gasteiger partial charge in [0.2, 0.25) is 5.43 Å². The van der Waals surface area contributed by atoms with Crippen molar-refractivity contribution in [1.29, 1.82) is 0 Å². The Morgan fingerprint density at radius 2 is 1.81 bits per heavy atom. The second-order valence-corrected chi connectivity index (χ2v) is 8.44. The van der Waals surface area contributed by atoms with Crippen LogP contribution < -0.4 is 10.7 Å². The zero-order valence-electron chi connectivity index (χ0n) is 17.5. The zero-order valence-corrected chi connectivity index (χ0v) is 17.5. The first-order valence-electron chi connectivity index (χ1n) is 10.3. The standard InChI is InChI=1S/C22H22F3N3O4/c1-10-3-4-11(2)27-9-17(10)28-8-14(19(29)20(30)18(28)22(27)32)21(31)26-7-13-15(24)5-12(23)6-16(13)25/h5-6,8,10-11,17,30H,3-4,7,9H2,1-2H3,(H,26,31)/t10-,11-,17+/m0/s1. The van der Waals surface area contributed by atoms with Crippen LogP contribution in [0.2, 0.25) is 0 Å². The van der Waals surface area contributed by atoms with Gasteiger partial charge in [-0.1, -0.05) is 6.92 Å². The van der Waals surface area contributed by atoms with Crippen molar-refractivity contribution >= 4 is 11.8 Å². The van der Waals surface area contributed by atoms with Crippen molar-refractivity contribution in [1.82, 2.24) is 14.8 Å². The van der Waals surface area contributed by atoms with Crippen LogP contribution in [0.1, 0.15) is 59.1 Å². The van der Waals surface area contributed by atoms with Crippen LogP contribution in [0.25, 0.3) is 0 Å². The Balaban J connectivity index is 1.70. The molecule has 0 saturated carbocycles. The SMILES string of the molecule is C[C@H]1CC[C@H](C)N2C[C@H]1n1cc(C(=O)NCc3c(F)cc(F)cc3F)c(=O)c(O)c1C2=O. The van der Waals surface area contributed by atoms with Crippen LogP contribution in [0.4, 0.5) is 13.2 Å².